The van der Waals surface area contributed by atoms with Crippen LogP contribution in [0.3, 0.4) is 0 Å². The van der Waals surface area contributed by atoms with Gasteiger partial charge in [0.1, 0.15) is 23.9 Å². The zero-order valence-corrected chi connectivity index (χ0v) is 21.2. The first-order valence-electron chi connectivity index (χ1n) is 12.5. The van der Waals surface area contributed by atoms with Gasteiger partial charge in [-0.15, -0.1) is 11.8 Å². The van der Waals surface area contributed by atoms with Crippen LogP contribution in [0.1, 0.15) is 24.8 Å². The summed E-state index contributed by atoms with van der Waals surface area (Å²) in [6.45, 7) is 4.14. The molecular formula is C30H31NO3S. The standard InChI is InChI=1S/C30H31NO3S/c1-32-22-10-12-24-26(18-22)28(29-25-13-11-23(33-2)19-27(25)35-30(24)29)20-6-8-21(9-7-20)34-17-16-31-14-4-3-5-15-31/h6-13,18-19,27H,3-5,14-17H2,1-2H3. The highest BCUT2D eigenvalue weighted by atomic mass is 32.2. The van der Waals surface area contributed by atoms with Crippen molar-refractivity contribution in [3.05, 3.63) is 93.6 Å². The average molecular weight is 486 g/mol. The summed E-state index contributed by atoms with van der Waals surface area (Å²) in [5, 5.41) is 2.80. The number of methoxy groups -OCH3 is 2. The van der Waals surface area contributed by atoms with Gasteiger partial charge in [0.2, 0.25) is 0 Å². The first-order chi connectivity index (χ1) is 17.2. The molecule has 0 N–H and O–H groups in total. The van der Waals surface area contributed by atoms with Crippen LogP contribution in [0.2, 0.25) is 0 Å². The minimum absolute atomic E-state index is 0.280. The number of thioether (sulfide) groups is 1. The van der Waals surface area contributed by atoms with Gasteiger partial charge in [0.25, 0.3) is 0 Å². The second-order valence-corrected chi connectivity index (χ2v) is 10.5. The first-order valence-corrected chi connectivity index (χ1v) is 13.4. The van der Waals surface area contributed by atoms with E-state index in [-0.39, 0.29) is 5.25 Å². The average Bonchev–Trinajstić information content (AvgIpc) is 3.43. The summed E-state index contributed by atoms with van der Waals surface area (Å²) in [6.07, 6.45) is 10.5. The van der Waals surface area contributed by atoms with Gasteiger partial charge in [-0.25, -0.2) is 0 Å². The van der Waals surface area contributed by atoms with E-state index in [0.29, 0.717) is 0 Å². The topological polar surface area (TPSA) is 30.9 Å². The van der Waals surface area contributed by atoms with Crippen LogP contribution < -0.4 is 19.9 Å². The summed E-state index contributed by atoms with van der Waals surface area (Å²) in [5.41, 5.74) is 5.16. The molecule has 0 saturated carbocycles. The molecule has 1 atom stereocenters. The summed E-state index contributed by atoms with van der Waals surface area (Å²) in [6, 6.07) is 15.1. The summed E-state index contributed by atoms with van der Waals surface area (Å²) in [4.78, 5) is 3.86. The molecule has 35 heavy (non-hydrogen) atoms. The minimum Gasteiger partial charge on any atom is -0.497 e. The number of benzene rings is 2. The van der Waals surface area contributed by atoms with Gasteiger partial charge in [-0.2, -0.15) is 0 Å². The normalized spacial score (nSPS) is 21.0. The molecule has 2 heterocycles. The number of fused-ring (bicyclic) bond motifs is 3. The number of allylic oxidation sites excluding steroid dienone is 2. The molecule has 0 bridgehead atoms. The van der Waals surface area contributed by atoms with Crippen molar-refractivity contribution in [3.8, 4) is 11.5 Å². The van der Waals surface area contributed by atoms with Crippen molar-refractivity contribution in [2.45, 2.75) is 24.5 Å². The lowest BCUT2D eigenvalue weighted by Crippen LogP contribution is -2.33. The Labute approximate surface area is 211 Å². The lowest BCUT2D eigenvalue weighted by Gasteiger charge is -2.26. The molecule has 2 aromatic rings. The van der Waals surface area contributed by atoms with Gasteiger partial charge < -0.3 is 14.2 Å². The van der Waals surface area contributed by atoms with Crippen molar-refractivity contribution < 1.29 is 14.2 Å². The maximum atomic E-state index is 6.10. The van der Waals surface area contributed by atoms with Crippen molar-refractivity contribution in [1.82, 2.24) is 4.90 Å². The van der Waals surface area contributed by atoms with Gasteiger partial charge in [-0.3, -0.25) is 4.90 Å². The third-order valence-electron chi connectivity index (χ3n) is 7.30. The fourth-order valence-electron chi connectivity index (χ4n) is 5.48. The van der Waals surface area contributed by atoms with Gasteiger partial charge in [0.05, 0.1) is 19.5 Å². The monoisotopic (exact) mass is 485 g/mol. The Hall–Kier alpha value is -2.89. The Bertz CT molecular complexity index is 1350. The summed E-state index contributed by atoms with van der Waals surface area (Å²) >= 11 is 1.91. The quantitative estimate of drug-likeness (QED) is 0.581. The van der Waals surface area contributed by atoms with Crippen LogP contribution >= 0.6 is 11.8 Å². The summed E-state index contributed by atoms with van der Waals surface area (Å²) in [5.74, 6) is 2.74. The van der Waals surface area contributed by atoms with E-state index in [1.807, 2.05) is 11.8 Å². The van der Waals surface area contributed by atoms with Crippen LogP contribution in [-0.4, -0.2) is 50.6 Å². The largest absolute Gasteiger partial charge is 0.497 e. The molecule has 0 spiro atoms. The SMILES string of the molecule is COC1=CC2SC3=c4ccc(OC)cc4=C(c4ccc(OCCN5CCCCC5)cc4)C3=C2C=C1. The van der Waals surface area contributed by atoms with E-state index < -0.39 is 0 Å². The van der Waals surface area contributed by atoms with Gasteiger partial charge in [0.15, 0.2) is 0 Å². The molecule has 5 heteroatoms. The fourth-order valence-corrected chi connectivity index (χ4v) is 6.90. The molecule has 0 aromatic heterocycles. The van der Waals surface area contributed by atoms with Crippen molar-refractivity contribution in [1.29, 1.82) is 0 Å². The van der Waals surface area contributed by atoms with Crippen molar-refractivity contribution in [2.75, 3.05) is 40.5 Å². The number of hydrogen-bond donors (Lipinski definition) is 0. The second kappa shape index (κ2) is 9.63. The Morgan fingerprint density at radius 2 is 1.66 bits per heavy atom. The van der Waals surface area contributed by atoms with Crippen LogP contribution in [-0.2, 0) is 4.74 Å². The molecule has 6 rings (SSSR count). The number of hydrogen-bond acceptors (Lipinski definition) is 5. The maximum Gasteiger partial charge on any atom is 0.119 e. The van der Waals surface area contributed by atoms with Gasteiger partial charge in [-0.05, 0) is 95.6 Å². The molecule has 0 radical (unpaired) electrons. The van der Waals surface area contributed by atoms with Crippen LogP contribution in [0.5, 0.6) is 11.5 Å². The Balaban J connectivity index is 1.33. The Morgan fingerprint density at radius 1 is 0.857 bits per heavy atom. The third kappa shape index (κ3) is 4.21. The smallest absolute Gasteiger partial charge is 0.119 e. The molecule has 1 unspecified atom stereocenters. The van der Waals surface area contributed by atoms with E-state index in [9.17, 15) is 0 Å². The lowest BCUT2D eigenvalue weighted by atomic mass is 9.92. The minimum atomic E-state index is 0.280. The maximum absolute atomic E-state index is 6.10. The second-order valence-electron chi connectivity index (χ2n) is 9.37. The van der Waals surface area contributed by atoms with E-state index in [1.165, 1.54) is 70.0 Å². The predicted octanol–water partition coefficient (Wildman–Crippen LogP) is 4.39. The number of ether oxygens (including phenoxy) is 3. The molecule has 4 aliphatic rings. The highest BCUT2D eigenvalue weighted by molar-refractivity contribution is 8.09. The van der Waals surface area contributed by atoms with Crippen molar-refractivity contribution in [2.24, 2.45) is 0 Å². The zero-order chi connectivity index (χ0) is 23.8. The van der Waals surface area contributed by atoms with Gasteiger partial charge in [0, 0.05) is 17.0 Å². The van der Waals surface area contributed by atoms with Crippen LogP contribution in [0, 0.1) is 0 Å². The number of rotatable bonds is 7. The van der Waals surface area contributed by atoms with Crippen LogP contribution in [0.15, 0.2) is 77.6 Å². The lowest BCUT2D eigenvalue weighted by molar-refractivity contribution is 0.183. The number of piperidine rings is 1. The first kappa shape index (κ1) is 22.6. The van der Waals surface area contributed by atoms with Crippen LogP contribution in [0.25, 0.3) is 10.5 Å². The molecule has 0 amide bonds. The predicted molar refractivity (Wildman–Crippen MR) is 143 cm³/mol. The molecule has 2 aliphatic carbocycles. The van der Waals surface area contributed by atoms with E-state index >= 15 is 0 Å². The molecule has 4 nitrogen and oxygen atoms in total. The third-order valence-corrected chi connectivity index (χ3v) is 8.61. The van der Waals surface area contributed by atoms with Crippen molar-refractivity contribution in [3.63, 3.8) is 0 Å². The van der Waals surface area contributed by atoms with Gasteiger partial charge >= 0.3 is 0 Å². The molecule has 2 aliphatic heterocycles. The molecular weight excluding hydrogens is 454 g/mol. The molecule has 1 fully saturated rings. The van der Waals surface area contributed by atoms with E-state index in [4.69, 9.17) is 14.2 Å². The molecule has 180 valence electrons. The number of likely N-dealkylation sites (tertiary alicyclic amines) is 1. The highest BCUT2D eigenvalue weighted by Gasteiger charge is 2.35. The van der Waals surface area contributed by atoms with E-state index in [1.54, 1.807) is 14.2 Å². The Kier molecular flexibility index (Phi) is 6.21. The number of nitrogens with zero attached hydrogens (tertiary/aromatic N) is 1. The van der Waals surface area contributed by atoms with E-state index in [2.05, 4.69) is 65.6 Å². The van der Waals surface area contributed by atoms with Gasteiger partial charge in [-0.1, -0.05) is 24.6 Å². The summed E-state index contributed by atoms with van der Waals surface area (Å²) < 4.78 is 17.2. The van der Waals surface area contributed by atoms with Crippen molar-refractivity contribution >= 4 is 22.2 Å². The highest BCUT2D eigenvalue weighted by Crippen LogP contribution is 2.51. The molecule has 2 aromatic carbocycles. The van der Waals surface area contributed by atoms with E-state index in [0.717, 1.165) is 30.4 Å². The Morgan fingerprint density at radius 3 is 2.43 bits per heavy atom. The fraction of sp³-hybridized carbons (Fsp3) is 0.333. The zero-order valence-electron chi connectivity index (χ0n) is 20.4. The van der Waals surface area contributed by atoms with Crippen LogP contribution in [0.4, 0.5) is 0 Å². The molecule has 1 saturated heterocycles. The summed E-state index contributed by atoms with van der Waals surface area (Å²) in [7, 11) is 3.46.